The van der Waals surface area contributed by atoms with Crippen LogP contribution in [0.1, 0.15) is 46.6 Å². The Morgan fingerprint density at radius 1 is 0.231 bits per heavy atom. The third kappa shape index (κ3) is 5.08. The first-order chi connectivity index (χ1) is 40.0. The van der Waals surface area contributed by atoms with Gasteiger partial charge in [-0.15, -0.1) is 0 Å². The van der Waals surface area contributed by atoms with Crippen molar-refractivity contribution < 1.29 is 46.6 Å². The number of hydrogen-bond donors (Lipinski definition) is 0. The summed E-state index contributed by atoms with van der Waals surface area (Å²) >= 11 is 0. The highest BCUT2D eigenvalue weighted by molar-refractivity contribution is 6.24. The molecule has 0 unspecified atom stereocenters. The molecule has 0 aliphatic heterocycles. The lowest BCUT2D eigenvalue weighted by Crippen LogP contribution is -1.94. The van der Waals surface area contributed by atoms with Crippen LogP contribution < -0.4 is 0 Å². The second-order valence-electron chi connectivity index (χ2n) is 11.0. The maximum Gasteiger partial charge on any atom is 0.0636 e. The zero-order chi connectivity index (χ0) is 64.0. The molecule has 0 heteroatoms. The molecule has 10 rings (SSSR count). The van der Waals surface area contributed by atoms with E-state index >= 15 is 0 Å². The first-order valence-electron chi connectivity index (χ1n) is 32.2. The summed E-state index contributed by atoms with van der Waals surface area (Å²) < 4.78 is 311. The molecule has 10 aromatic carbocycles. The van der Waals surface area contributed by atoms with E-state index in [1.165, 1.54) is 0 Å². The SMILES string of the molecule is [2H]c1c([2H])c([2H])c(-c2c([2H])c(-c3c([2H])c([2H])c([2H])c([2H])c3[2H])c([2H])c(-c3c4c([2H])c([2H])c([2H])c([2H])c4c(-c4c([2H])c([2H])c([2H])c5c([2H])c([2H])c([2H])c([2H])c45)c4c([2H])c(-c5c([2H])c([2H])c([2H])c6c([2H])c([2H])c([2H])c([2H])c56)c([2H])c([2H])c34)c2[2H])c([2H])c1[2H]. The molecule has 0 aromatic heterocycles. The average Bonchev–Trinajstić information content (AvgIpc) is 0.692. The summed E-state index contributed by atoms with van der Waals surface area (Å²) in [6.45, 7) is 0. The molecule has 0 amide bonds. The van der Waals surface area contributed by atoms with E-state index in [0.29, 0.717) is 0 Å². The van der Waals surface area contributed by atoms with Gasteiger partial charge in [-0.05, 0) is 123 Å². The minimum Gasteiger partial charge on any atom is -0.0622 e. The molecule has 0 atom stereocenters. The highest BCUT2D eigenvalue weighted by Crippen LogP contribution is 2.47. The van der Waals surface area contributed by atoms with Gasteiger partial charge in [0.2, 0.25) is 0 Å². The second-order valence-corrected chi connectivity index (χ2v) is 11.0. The van der Waals surface area contributed by atoms with Crippen molar-refractivity contribution in [3.8, 4) is 55.6 Å². The maximum absolute atomic E-state index is 10.4. The summed E-state index contributed by atoms with van der Waals surface area (Å²) in [7, 11) is 0. The van der Waals surface area contributed by atoms with Crippen molar-refractivity contribution in [1.82, 2.24) is 0 Å². The third-order valence-electron chi connectivity index (χ3n) is 8.12. The molecular weight excluding hydrogens is 625 g/mol. The average molecular weight is 693 g/mol. The molecule has 0 nitrogen and oxygen atoms in total. The molecule has 0 radical (unpaired) electrons. The van der Waals surface area contributed by atoms with E-state index in [4.69, 9.17) is 31.5 Å². The van der Waals surface area contributed by atoms with Crippen LogP contribution in [-0.2, 0) is 0 Å². The summed E-state index contributed by atoms with van der Waals surface area (Å²) in [4.78, 5) is 0. The van der Waals surface area contributed by atoms with Crippen LogP contribution in [0.25, 0.3) is 98.7 Å². The largest absolute Gasteiger partial charge is 0.0636 e. The summed E-state index contributed by atoms with van der Waals surface area (Å²) in [6.07, 6.45) is 0. The summed E-state index contributed by atoms with van der Waals surface area (Å²) in [5.41, 5.74) is -10.1. The summed E-state index contributed by atoms with van der Waals surface area (Å²) in [5.74, 6) is 0. The predicted molar refractivity (Wildman–Crippen MR) is 224 cm³/mol. The van der Waals surface area contributed by atoms with Gasteiger partial charge in [-0.25, -0.2) is 0 Å². The van der Waals surface area contributed by atoms with Gasteiger partial charge in [0.25, 0.3) is 0 Å². The zero-order valence-corrected chi connectivity index (χ0v) is 26.0. The van der Waals surface area contributed by atoms with Gasteiger partial charge < -0.3 is 0 Å². The third-order valence-corrected chi connectivity index (χ3v) is 8.12. The first kappa shape index (κ1) is 11.4. The van der Waals surface area contributed by atoms with Crippen LogP contribution in [-0.4, -0.2) is 0 Å². The van der Waals surface area contributed by atoms with E-state index in [1.54, 1.807) is 0 Å². The molecule has 0 spiro atoms. The first-order valence-corrected chi connectivity index (χ1v) is 15.2. The topological polar surface area (TPSA) is 0 Å². The van der Waals surface area contributed by atoms with E-state index < -0.39 is 304 Å². The Labute approximate surface area is 351 Å². The van der Waals surface area contributed by atoms with Crippen molar-refractivity contribution in [3.05, 3.63) is 205 Å². The van der Waals surface area contributed by atoms with Crippen LogP contribution in [0.2, 0.25) is 0 Å². The lowest BCUT2D eigenvalue weighted by atomic mass is 9.82. The van der Waals surface area contributed by atoms with E-state index in [1.807, 2.05) is 0 Å². The van der Waals surface area contributed by atoms with Crippen LogP contribution >= 0.6 is 0 Å². The monoisotopic (exact) mass is 692 g/mol. The van der Waals surface area contributed by atoms with E-state index in [-0.39, 0.29) is 0 Å². The molecule has 0 saturated carbocycles. The van der Waals surface area contributed by atoms with Crippen LogP contribution in [0, 0.1) is 0 Å². The highest BCUT2D eigenvalue weighted by atomic mass is 14.2. The molecule has 0 aliphatic carbocycles. The number of fused-ring (bicyclic) bond motifs is 4. The van der Waals surface area contributed by atoms with Crippen LogP contribution in [0.3, 0.4) is 0 Å². The summed E-state index contributed by atoms with van der Waals surface area (Å²) in [6, 6.07) is -37.4. The molecule has 0 N–H and O–H groups in total. The van der Waals surface area contributed by atoms with Crippen LogP contribution in [0.4, 0.5) is 0 Å². The zero-order valence-electron chi connectivity index (χ0n) is 60.0. The molecule has 0 aliphatic rings. The fourth-order valence-electron chi connectivity index (χ4n) is 5.94. The lowest BCUT2D eigenvalue weighted by Gasteiger charge is -2.21. The number of rotatable bonds is 5. The quantitative estimate of drug-likeness (QED) is 0.158. The van der Waals surface area contributed by atoms with Crippen LogP contribution in [0.15, 0.2) is 205 Å². The molecule has 0 fully saturated rings. The molecule has 52 heavy (non-hydrogen) atoms. The van der Waals surface area contributed by atoms with E-state index in [0.717, 1.165) is 0 Å². The van der Waals surface area contributed by atoms with Gasteiger partial charge in [0, 0.05) is 0 Å². The normalized spacial score (nSPS) is 20.6. The molecule has 242 valence electrons. The van der Waals surface area contributed by atoms with Gasteiger partial charge in [0.1, 0.15) is 0 Å². The number of hydrogen-bond acceptors (Lipinski definition) is 0. The standard InChI is InChI=1S/C52H34/c1-3-15-35(16-4-1)40-31-41(36-17-5-2-6-18-36)33-42(32-40)51-47-25-11-12-26-48(47)52(46-28-14-22-38-20-8-10-24-44(38)46)50-34-39(29-30-49(50)51)45-27-13-21-37-19-7-9-23-43(37)45/h1-34H/i1D,2D,3D,4D,5D,6D,7D,8D,9D,10D,11D,12D,13D,14D,15D,16D,17D,18D,19D,20D,21D,22D,23D,24D,25D,26D,27D,28D,29D,30D,31D,32D,33D,34D. The predicted octanol–water partition coefficient (Wildman–Crippen LogP) is 14.6. The Bertz CT molecular complexity index is 4740. The van der Waals surface area contributed by atoms with Gasteiger partial charge in [-0.1, -0.05) is 181 Å². The Kier molecular flexibility index (Phi) is 2.74. The number of benzene rings is 10. The molecule has 0 bridgehead atoms. The Morgan fingerprint density at radius 2 is 0.673 bits per heavy atom. The molecular formula is C52H34. The molecule has 0 heterocycles. The smallest absolute Gasteiger partial charge is 0.0622 e. The van der Waals surface area contributed by atoms with Crippen molar-refractivity contribution in [2.24, 2.45) is 0 Å². The minimum absolute atomic E-state index is 0.736. The highest BCUT2D eigenvalue weighted by Gasteiger charge is 2.20. The Morgan fingerprint density at radius 3 is 1.29 bits per heavy atom. The van der Waals surface area contributed by atoms with Gasteiger partial charge >= 0.3 is 0 Å². The van der Waals surface area contributed by atoms with Gasteiger partial charge in [-0.3, -0.25) is 0 Å². The fraction of sp³-hybridized carbons (Fsp3) is 0. The van der Waals surface area contributed by atoms with Gasteiger partial charge in [-0.2, -0.15) is 0 Å². The molecule has 10 aromatic rings. The summed E-state index contributed by atoms with van der Waals surface area (Å²) in [5, 5.41) is -7.14. The van der Waals surface area contributed by atoms with E-state index in [2.05, 4.69) is 0 Å². The molecule has 0 saturated heterocycles. The van der Waals surface area contributed by atoms with Gasteiger partial charge in [0.15, 0.2) is 0 Å². The second kappa shape index (κ2) is 12.5. The van der Waals surface area contributed by atoms with Crippen molar-refractivity contribution in [2.45, 2.75) is 0 Å². The van der Waals surface area contributed by atoms with Gasteiger partial charge in [0.05, 0.1) is 46.6 Å². The van der Waals surface area contributed by atoms with Crippen molar-refractivity contribution in [1.29, 1.82) is 0 Å². The fourth-order valence-corrected chi connectivity index (χ4v) is 5.94. The Balaban J connectivity index is 1.66. The van der Waals surface area contributed by atoms with Crippen molar-refractivity contribution in [2.75, 3.05) is 0 Å². The maximum atomic E-state index is 10.4. The van der Waals surface area contributed by atoms with Crippen molar-refractivity contribution in [3.63, 3.8) is 0 Å². The van der Waals surface area contributed by atoms with Crippen molar-refractivity contribution >= 4 is 43.1 Å². The van der Waals surface area contributed by atoms with E-state index in [9.17, 15) is 15.1 Å². The lowest BCUT2D eigenvalue weighted by molar-refractivity contribution is 1.58. The Hall–Kier alpha value is -6.76. The minimum atomic E-state index is -1.30. The van der Waals surface area contributed by atoms with Crippen LogP contribution in [0.5, 0.6) is 0 Å².